The Hall–Kier alpha value is -2.77. The van der Waals surface area contributed by atoms with E-state index in [1.54, 1.807) is 13.0 Å². The molecule has 2 aromatic rings. The minimum atomic E-state index is -0.873. The van der Waals surface area contributed by atoms with E-state index >= 15 is 0 Å². The van der Waals surface area contributed by atoms with Gasteiger partial charge in [-0.1, -0.05) is 5.16 Å². The maximum Gasteiger partial charge on any atom is 0.258 e. The van der Waals surface area contributed by atoms with Crippen LogP contribution in [0.25, 0.3) is 0 Å². The SMILES string of the molecule is Cc1cc(NC(=O)CN(C)C(=O)c2cccnc2F)no1. The largest absolute Gasteiger partial charge is 0.360 e. The quantitative estimate of drug-likeness (QED) is 0.856. The van der Waals surface area contributed by atoms with E-state index in [0.29, 0.717) is 5.76 Å². The molecule has 0 atom stereocenters. The summed E-state index contributed by atoms with van der Waals surface area (Å²) in [5.41, 5.74) is -0.190. The van der Waals surface area contributed by atoms with Crippen LogP contribution in [0.2, 0.25) is 0 Å². The molecule has 8 heteroatoms. The summed E-state index contributed by atoms with van der Waals surface area (Å²) in [6, 6.07) is 4.29. The van der Waals surface area contributed by atoms with Gasteiger partial charge in [0.15, 0.2) is 5.82 Å². The lowest BCUT2D eigenvalue weighted by Crippen LogP contribution is -2.35. The van der Waals surface area contributed by atoms with E-state index in [0.717, 1.165) is 4.90 Å². The van der Waals surface area contributed by atoms with E-state index < -0.39 is 17.8 Å². The topological polar surface area (TPSA) is 88.3 Å². The average molecular weight is 292 g/mol. The predicted molar refractivity (Wildman–Crippen MR) is 71.0 cm³/mol. The zero-order chi connectivity index (χ0) is 15.4. The van der Waals surface area contributed by atoms with Gasteiger partial charge in [0.25, 0.3) is 5.91 Å². The molecule has 0 unspecified atom stereocenters. The summed E-state index contributed by atoms with van der Waals surface area (Å²) in [5.74, 6) is -1.17. The van der Waals surface area contributed by atoms with E-state index in [9.17, 15) is 14.0 Å². The van der Waals surface area contributed by atoms with Crippen molar-refractivity contribution < 1.29 is 18.5 Å². The van der Waals surface area contributed by atoms with Crippen LogP contribution in [0, 0.1) is 12.9 Å². The highest BCUT2D eigenvalue weighted by molar-refractivity contribution is 5.98. The second-order valence-corrected chi connectivity index (χ2v) is 4.37. The normalized spacial score (nSPS) is 10.2. The third kappa shape index (κ3) is 3.62. The first-order valence-electron chi connectivity index (χ1n) is 6.06. The van der Waals surface area contributed by atoms with Gasteiger partial charge < -0.3 is 14.7 Å². The van der Waals surface area contributed by atoms with Gasteiger partial charge in [-0.15, -0.1) is 0 Å². The first kappa shape index (κ1) is 14.6. The number of likely N-dealkylation sites (N-methyl/N-ethyl adjacent to an activating group) is 1. The van der Waals surface area contributed by atoms with Crippen molar-refractivity contribution in [3.63, 3.8) is 0 Å². The van der Waals surface area contributed by atoms with Gasteiger partial charge in [0.1, 0.15) is 5.76 Å². The number of nitrogens with zero attached hydrogens (tertiary/aromatic N) is 3. The van der Waals surface area contributed by atoms with Gasteiger partial charge in [-0.05, 0) is 19.1 Å². The predicted octanol–water partition coefficient (Wildman–Crippen LogP) is 1.23. The van der Waals surface area contributed by atoms with Gasteiger partial charge in [-0.2, -0.15) is 4.39 Å². The molecule has 0 spiro atoms. The lowest BCUT2D eigenvalue weighted by Gasteiger charge is -2.16. The Morgan fingerprint density at radius 3 is 2.86 bits per heavy atom. The van der Waals surface area contributed by atoms with Gasteiger partial charge in [0, 0.05) is 19.3 Å². The summed E-state index contributed by atoms with van der Waals surface area (Å²) in [5, 5.41) is 6.07. The third-order valence-corrected chi connectivity index (χ3v) is 2.61. The minimum Gasteiger partial charge on any atom is -0.360 e. The van der Waals surface area contributed by atoms with Crippen molar-refractivity contribution in [3.8, 4) is 0 Å². The minimum absolute atomic E-state index is 0.190. The molecule has 2 heterocycles. The van der Waals surface area contributed by atoms with Crippen LogP contribution in [0.1, 0.15) is 16.1 Å². The molecule has 2 rings (SSSR count). The highest BCUT2D eigenvalue weighted by Gasteiger charge is 2.19. The molecule has 7 nitrogen and oxygen atoms in total. The number of carbonyl (C=O) groups excluding carboxylic acids is 2. The fourth-order valence-corrected chi connectivity index (χ4v) is 1.65. The zero-order valence-electron chi connectivity index (χ0n) is 11.5. The maximum absolute atomic E-state index is 13.4. The van der Waals surface area contributed by atoms with Crippen LogP contribution in [0.5, 0.6) is 0 Å². The van der Waals surface area contributed by atoms with E-state index in [1.807, 2.05) is 0 Å². The first-order valence-corrected chi connectivity index (χ1v) is 6.06. The summed E-state index contributed by atoms with van der Waals surface area (Å²) in [6.45, 7) is 1.43. The highest BCUT2D eigenvalue weighted by atomic mass is 19.1. The van der Waals surface area contributed by atoms with Gasteiger partial charge in [-0.25, -0.2) is 4.98 Å². The lowest BCUT2D eigenvalue weighted by atomic mass is 10.2. The molecule has 0 radical (unpaired) electrons. The number of anilines is 1. The molecule has 0 bridgehead atoms. The third-order valence-electron chi connectivity index (χ3n) is 2.61. The number of carbonyl (C=O) groups is 2. The highest BCUT2D eigenvalue weighted by Crippen LogP contribution is 2.08. The van der Waals surface area contributed by atoms with Crippen molar-refractivity contribution >= 4 is 17.6 Å². The van der Waals surface area contributed by atoms with Crippen molar-refractivity contribution in [2.24, 2.45) is 0 Å². The van der Waals surface area contributed by atoms with Gasteiger partial charge in [0.05, 0.1) is 12.1 Å². The van der Waals surface area contributed by atoms with Crippen molar-refractivity contribution in [1.29, 1.82) is 0 Å². The second kappa shape index (κ2) is 6.12. The van der Waals surface area contributed by atoms with Crippen LogP contribution in [0.15, 0.2) is 28.9 Å². The van der Waals surface area contributed by atoms with E-state index in [2.05, 4.69) is 15.5 Å². The van der Waals surface area contributed by atoms with Crippen molar-refractivity contribution in [2.75, 3.05) is 18.9 Å². The van der Waals surface area contributed by atoms with Gasteiger partial charge in [0.2, 0.25) is 11.9 Å². The van der Waals surface area contributed by atoms with E-state index in [-0.39, 0.29) is 17.9 Å². The monoisotopic (exact) mass is 292 g/mol. The molecule has 0 saturated heterocycles. The van der Waals surface area contributed by atoms with Crippen LogP contribution < -0.4 is 5.32 Å². The smallest absolute Gasteiger partial charge is 0.258 e. The Morgan fingerprint density at radius 2 is 2.24 bits per heavy atom. The molecule has 2 amide bonds. The van der Waals surface area contributed by atoms with Crippen molar-refractivity contribution in [3.05, 3.63) is 41.7 Å². The fraction of sp³-hybridized carbons (Fsp3) is 0.231. The Labute approximate surface area is 119 Å². The zero-order valence-corrected chi connectivity index (χ0v) is 11.5. The maximum atomic E-state index is 13.4. The molecular formula is C13H13FN4O3. The number of hydrogen-bond donors (Lipinski definition) is 1. The Morgan fingerprint density at radius 1 is 1.48 bits per heavy atom. The summed E-state index contributed by atoms with van der Waals surface area (Å²) in [6.07, 6.45) is 1.24. The molecule has 0 aliphatic rings. The van der Waals surface area contributed by atoms with Crippen molar-refractivity contribution in [1.82, 2.24) is 15.0 Å². The molecular weight excluding hydrogens is 279 g/mol. The Kier molecular flexibility index (Phi) is 4.27. The number of aromatic nitrogens is 2. The lowest BCUT2D eigenvalue weighted by molar-refractivity contribution is -0.116. The van der Waals surface area contributed by atoms with Crippen LogP contribution >= 0.6 is 0 Å². The molecule has 2 aromatic heterocycles. The summed E-state index contributed by atoms with van der Waals surface area (Å²) < 4.78 is 18.2. The van der Waals surface area contributed by atoms with Crippen LogP contribution in [0.3, 0.4) is 0 Å². The number of pyridine rings is 1. The molecule has 0 saturated carbocycles. The summed E-state index contributed by atoms with van der Waals surface area (Å²) >= 11 is 0. The number of nitrogens with one attached hydrogen (secondary N) is 1. The van der Waals surface area contributed by atoms with Gasteiger partial charge >= 0.3 is 0 Å². The van der Waals surface area contributed by atoms with Crippen LogP contribution in [0.4, 0.5) is 10.2 Å². The molecule has 0 aliphatic heterocycles. The average Bonchev–Trinajstić information content (AvgIpc) is 2.83. The van der Waals surface area contributed by atoms with Crippen LogP contribution in [-0.4, -0.2) is 40.4 Å². The molecule has 21 heavy (non-hydrogen) atoms. The molecule has 110 valence electrons. The molecule has 1 N–H and O–H groups in total. The number of hydrogen-bond acceptors (Lipinski definition) is 5. The second-order valence-electron chi connectivity index (χ2n) is 4.37. The Balaban J connectivity index is 1.97. The van der Waals surface area contributed by atoms with E-state index in [1.165, 1.54) is 25.4 Å². The Bertz CT molecular complexity index is 671. The summed E-state index contributed by atoms with van der Waals surface area (Å²) in [7, 11) is 1.39. The molecule has 0 aromatic carbocycles. The number of amides is 2. The first-order chi connectivity index (χ1) is 9.97. The number of rotatable bonds is 4. The number of halogens is 1. The van der Waals surface area contributed by atoms with Gasteiger partial charge in [-0.3, -0.25) is 9.59 Å². The summed E-state index contributed by atoms with van der Waals surface area (Å²) in [4.78, 5) is 28.2. The van der Waals surface area contributed by atoms with Crippen LogP contribution in [-0.2, 0) is 4.79 Å². The van der Waals surface area contributed by atoms with E-state index in [4.69, 9.17) is 4.52 Å². The molecule has 0 aliphatic carbocycles. The fourth-order valence-electron chi connectivity index (χ4n) is 1.65. The standard InChI is InChI=1S/C13H13FN4O3/c1-8-6-10(17-21-8)16-11(19)7-18(2)13(20)9-4-3-5-15-12(9)14/h3-6H,7H2,1-2H3,(H,16,17,19). The van der Waals surface area contributed by atoms with Crippen molar-refractivity contribution in [2.45, 2.75) is 6.92 Å². The molecule has 0 fully saturated rings. The number of aryl methyl sites for hydroxylation is 1.